The molecule has 1 aliphatic heterocycles. The van der Waals surface area contributed by atoms with Crippen molar-refractivity contribution in [1.29, 1.82) is 0 Å². The third-order valence-corrected chi connectivity index (χ3v) is 6.75. The number of hydrogen-bond donors (Lipinski definition) is 0. The molecule has 3 heterocycles. The largest absolute Gasteiger partial charge is 0.356 e. The van der Waals surface area contributed by atoms with Gasteiger partial charge in [-0.3, -0.25) is 4.79 Å². The van der Waals surface area contributed by atoms with Crippen molar-refractivity contribution in [2.45, 2.75) is 38.5 Å². The molecule has 1 fully saturated rings. The van der Waals surface area contributed by atoms with E-state index in [1.54, 1.807) is 26.2 Å². The molecule has 1 aliphatic rings. The minimum Gasteiger partial charge on any atom is -0.356 e. The van der Waals surface area contributed by atoms with E-state index in [9.17, 15) is 9.18 Å². The van der Waals surface area contributed by atoms with Crippen LogP contribution in [-0.2, 0) is 0 Å². The van der Waals surface area contributed by atoms with E-state index in [1.165, 1.54) is 29.4 Å². The molecule has 10 heteroatoms. The second-order valence-corrected chi connectivity index (χ2v) is 9.82. The lowest BCUT2D eigenvalue weighted by Crippen LogP contribution is -2.34. The van der Waals surface area contributed by atoms with Crippen molar-refractivity contribution in [2.24, 2.45) is 0 Å². The molecule has 192 valence electrons. The van der Waals surface area contributed by atoms with E-state index in [2.05, 4.69) is 20.1 Å². The Morgan fingerprint density at radius 1 is 1.08 bits per heavy atom. The number of rotatable bonds is 5. The third-order valence-electron chi connectivity index (χ3n) is 6.75. The second-order valence-electron chi connectivity index (χ2n) is 9.82. The molecule has 0 N–H and O–H groups in total. The van der Waals surface area contributed by atoms with Crippen LogP contribution in [0.25, 0.3) is 22.0 Å². The van der Waals surface area contributed by atoms with Gasteiger partial charge in [-0.25, -0.2) is 18.7 Å². The van der Waals surface area contributed by atoms with Crippen molar-refractivity contribution in [3.05, 3.63) is 65.6 Å². The molecule has 37 heavy (non-hydrogen) atoms. The van der Waals surface area contributed by atoms with Crippen LogP contribution in [0.3, 0.4) is 0 Å². The number of fused-ring (bicyclic) bond motifs is 1. The zero-order chi connectivity index (χ0) is 26.3. The van der Waals surface area contributed by atoms with Gasteiger partial charge in [-0.05, 0) is 42.7 Å². The van der Waals surface area contributed by atoms with E-state index in [-0.39, 0.29) is 22.8 Å². The zero-order valence-corrected chi connectivity index (χ0v) is 21.2. The van der Waals surface area contributed by atoms with Gasteiger partial charge in [0, 0.05) is 44.6 Å². The molecule has 0 bridgehead atoms. The number of aromatic nitrogens is 4. The average molecular weight is 507 g/mol. The molecule has 5 rings (SSSR count). The fourth-order valence-electron chi connectivity index (χ4n) is 4.67. The van der Waals surface area contributed by atoms with Gasteiger partial charge in [-0.1, -0.05) is 25.1 Å². The highest BCUT2D eigenvalue weighted by Crippen LogP contribution is 2.36. The molecule has 0 atom stereocenters. The van der Waals surface area contributed by atoms with Crippen molar-refractivity contribution in [1.82, 2.24) is 25.0 Å². The van der Waals surface area contributed by atoms with Gasteiger partial charge in [-0.2, -0.15) is 4.98 Å². The Morgan fingerprint density at radius 3 is 2.49 bits per heavy atom. The summed E-state index contributed by atoms with van der Waals surface area (Å²) in [7, 11) is 3.13. The molecule has 0 spiro atoms. The molecular weight excluding hydrogens is 478 g/mol. The summed E-state index contributed by atoms with van der Waals surface area (Å²) in [6, 6.07) is 7.30. The summed E-state index contributed by atoms with van der Waals surface area (Å²) in [5, 5.41) is 4.36. The lowest BCUT2D eigenvalue weighted by Gasteiger charge is -2.32. The monoisotopic (exact) mass is 506 g/mol. The Hall–Kier alpha value is -3.95. The molecule has 0 aliphatic carbocycles. The van der Waals surface area contributed by atoms with E-state index in [0.29, 0.717) is 47.3 Å². The number of carbonyl (C=O) groups is 1. The van der Waals surface area contributed by atoms with Crippen LogP contribution in [0.5, 0.6) is 0 Å². The van der Waals surface area contributed by atoms with Gasteiger partial charge in [0.05, 0.1) is 16.5 Å². The lowest BCUT2D eigenvalue weighted by molar-refractivity contribution is 0.0823. The Balaban J connectivity index is 1.45. The fourth-order valence-corrected chi connectivity index (χ4v) is 4.67. The molecule has 0 unspecified atom stereocenters. The van der Waals surface area contributed by atoms with Gasteiger partial charge in [0.1, 0.15) is 23.8 Å². The summed E-state index contributed by atoms with van der Waals surface area (Å²) in [4.78, 5) is 28.9. The standard InChI is InChI=1S/C27H28F2N6O2/c1-15(2)24-32-26(37-33-24)16-9-11-35(12-10-16)25-22-20(28)8-7-18(23(22)30-14-31-25)17-5-6-19(21(29)13-17)27(36)34(3)4/h5-8,13-16H,9-12H2,1-4H3. The molecule has 2 aromatic heterocycles. The third kappa shape index (κ3) is 4.63. The van der Waals surface area contributed by atoms with E-state index in [0.717, 1.165) is 12.8 Å². The van der Waals surface area contributed by atoms with E-state index in [1.807, 2.05) is 18.7 Å². The first-order chi connectivity index (χ1) is 17.7. The first-order valence-corrected chi connectivity index (χ1v) is 12.3. The number of piperidine rings is 1. The summed E-state index contributed by atoms with van der Waals surface area (Å²) in [5.74, 6) is 0.642. The summed E-state index contributed by atoms with van der Waals surface area (Å²) in [5.41, 5.74) is 1.42. The van der Waals surface area contributed by atoms with Crippen LogP contribution in [0.1, 0.15) is 60.6 Å². The molecular formula is C27H28F2N6O2. The second kappa shape index (κ2) is 9.84. The van der Waals surface area contributed by atoms with Gasteiger partial charge in [0.15, 0.2) is 5.82 Å². The smallest absolute Gasteiger partial charge is 0.256 e. The predicted molar refractivity (Wildman–Crippen MR) is 135 cm³/mol. The number of nitrogens with zero attached hydrogens (tertiary/aromatic N) is 6. The highest BCUT2D eigenvalue weighted by Gasteiger charge is 2.28. The normalized spacial score (nSPS) is 14.5. The van der Waals surface area contributed by atoms with Crippen LogP contribution in [-0.4, -0.2) is 58.1 Å². The van der Waals surface area contributed by atoms with Crippen molar-refractivity contribution in [2.75, 3.05) is 32.1 Å². The number of halogens is 2. The summed E-state index contributed by atoms with van der Waals surface area (Å²) >= 11 is 0. The van der Waals surface area contributed by atoms with Gasteiger partial charge in [-0.15, -0.1) is 0 Å². The Labute approximate surface area is 213 Å². The van der Waals surface area contributed by atoms with Gasteiger partial charge < -0.3 is 14.3 Å². The first-order valence-electron chi connectivity index (χ1n) is 12.3. The predicted octanol–water partition coefficient (Wildman–Crippen LogP) is 5.17. The SMILES string of the molecule is CC(C)c1noc(C2CCN(c3ncnc4c(-c5ccc(C(=O)N(C)C)c(F)c5)ccc(F)c34)CC2)n1. The Bertz CT molecular complexity index is 1460. The number of hydrogen-bond acceptors (Lipinski definition) is 7. The molecule has 2 aromatic carbocycles. The molecule has 4 aromatic rings. The number of anilines is 1. The lowest BCUT2D eigenvalue weighted by atomic mass is 9.96. The van der Waals surface area contributed by atoms with E-state index >= 15 is 4.39 Å². The van der Waals surface area contributed by atoms with Crippen LogP contribution < -0.4 is 4.90 Å². The van der Waals surface area contributed by atoms with E-state index < -0.39 is 17.5 Å². The van der Waals surface area contributed by atoms with Gasteiger partial charge in [0.25, 0.3) is 5.91 Å². The fraction of sp³-hybridized carbons (Fsp3) is 0.370. The molecule has 8 nitrogen and oxygen atoms in total. The summed E-state index contributed by atoms with van der Waals surface area (Å²) in [6.07, 6.45) is 2.93. The summed E-state index contributed by atoms with van der Waals surface area (Å²) in [6.45, 7) is 5.31. The Kier molecular flexibility index (Phi) is 6.57. The number of benzene rings is 2. The maximum Gasteiger partial charge on any atom is 0.256 e. The first kappa shape index (κ1) is 24.7. The summed E-state index contributed by atoms with van der Waals surface area (Å²) < 4.78 is 35.5. The van der Waals surface area contributed by atoms with E-state index in [4.69, 9.17) is 4.52 Å². The highest BCUT2D eigenvalue weighted by molar-refractivity contribution is 6.00. The van der Waals surface area contributed by atoms with Crippen molar-refractivity contribution in [3.8, 4) is 11.1 Å². The zero-order valence-electron chi connectivity index (χ0n) is 21.2. The Morgan fingerprint density at radius 2 is 1.84 bits per heavy atom. The minimum absolute atomic E-state index is 0.0277. The minimum atomic E-state index is -0.647. The number of amides is 1. The average Bonchev–Trinajstić information content (AvgIpc) is 3.39. The van der Waals surface area contributed by atoms with Gasteiger partial charge in [0.2, 0.25) is 5.89 Å². The van der Waals surface area contributed by atoms with Crippen molar-refractivity contribution >= 4 is 22.6 Å². The highest BCUT2D eigenvalue weighted by atomic mass is 19.1. The quantitative estimate of drug-likeness (QED) is 0.369. The van der Waals surface area contributed by atoms with Crippen molar-refractivity contribution in [3.63, 3.8) is 0 Å². The molecule has 1 amide bonds. The number of carbonyl (C=O) groups excluding carboxylic acids is 1. The maximum absolute atomic E-state index is 15.2. The van der Waals surface area contributed by atoms with Crippen LogP contribution in [0, 0.1) is 11.6 Å². The maximum atomic E-state index is 15.2. The molecule has 1 saturated heterocycles. The topological polar surface area (TPSA) is 88.2 Å². The van der Waals surface area contributed by atoms with Crippen LogP contribution in [0.2, 0.25) is 0 Å². The van der Waals surface area contributed by atoms with Crippen LogP contribution in [0.4, 0.5) is 14.6 Å². The molecule has 0 saturated carbocycles. The van der Waals surface area contributed by atoms with Gasteiger partial charge >= 0.3 is 0 Å². The van der Waals surface area contributed by atoms with Crippen LogP contribution >= 0.6 is 0 Å². The van der Waals surface area contributed by atoms with Crippen LogP contribution in [0.15, 0.2) is 41.2 Å². The molecule has 0 radical (unpaired) electrons. The van der Waals surface area contributed by atoms with Crippen molar-refractivity contribution < 1.29 is 18.1 Å².